The van der Waals surface area contributed by atoms with Gasteiger partial charge in [-0.1, -0.05) is 31.2 Å². The maximum absolute atomic E-state index is 11.0. The molecule has 104 valence electrons. The Bertz CT molecular complexity index is 429. The molecule has 2 saturated heterocycles. The molecular weight excluding hydrogens is 238 g/mol. The molecule has 2 atom stereocenters. The smallest absolute Gasteiger partial charge is 0.0928 e. The second-order valence-electron chi connectivity index (χ2n) is 6.00. The molecule has 3 rings (SSSR count). The van der Waals surface area contributed by atoms with Crippen LogP contribution in [0.15, 0.2) is 24.3 Å². The molecule has 0 saturated carbocycles. The molecule has 19 heavy (non-hydrogen) atoms. The first kappa shape index (κ1) is 13.1. The van der Waals surface area contributed by atoms with Crippen LogP contribution in [0.3, 0.4) is 0 Å². The summed E-state index contributed by atoms with van der Waals surface area (Å²) >= 11 is 0. The number of fused-ring (bicyclic) bond motifs is 2. The molecule has 2 heterocycles. The van der Waals surface area contributed by atoms with Crippen LogP contribution in [0.2, 0.25) is 0 Å². The van der Waals surface area contributed by atoms with Crippen molar-refractivity contribution in [3.05, 3.63) is 35.4 Å². The number of morpholine rings is 1. The first-order valence-corrected chi connectivity index (χ1v) is 7.24. The summed E-state index contributed by atoms with van der Waals surface area (Å²) in [6.07, 6.45) is 2.58. The van der Waals surface area contributed by atoms with E-state index in [0.717, 1.165) is 38.0 Å². The van der Waals surface area contributed by atoms with Gasteiger partial charge in [0.05, 0.1) is 18.8 Å². The highest BCUT2D eigenvalue weighted by Gasteiger charge is 2.45. The molecule has 0 aromatic heterocycles. The van der Waals surface area contributed by atoms with Crippen LogP contribution in [-0.2, 0) is 16.8 Å². The lowest BCUT2D eigenvalue weighted by molar-refractivity contribution is -0.137. The summed E-state index contributed by atoms with van der Waals surface area (Å²) in [5, 5.41) is 11.0. The predicted octanol–water partition coefficient (Wildman–Crippen LogP) is 1.93. The summed E-state index contributed by atoms with van der Waals surface area (Å²) in [6.45, 7) is 3.63. The van der Waals surface area contributed by atoms with E-state index in [0.29, 0.717) is 12.1 Å². The van der Waals surface area contributed by atoms with E-state index >= 15 is 0 Å². The minimum absolute atomic E-state index is 0.336. The van der Waals surface area contributed by atoms with E-state index in [1.54, 1.807) is 0 Å². The van der Waals surface area contributed by atoms with Crippen LogP contribution in [0.1, 0.15) is 30.9 Å². The summed E-state index contributed by atoms with van der Waals surface area (Å²) < 4.78 is 5.62. The van der Waals surface area contributed by atoms with Gasteiger partial charge in [0.25, 0.3) is 0 Å². The van der Waals surface area contributed by atoms with E-state index in [1.807, 2.05) is 0 Å². The Hall–Kier alpha value is -0.900. The molecule has 2 fully saturated rings. The Balaban J connectivity index is 1.86. The highest BCUT2D eigenvalue weighted by Crippen LogP contribution is 2.40. The first-order valence-electron chi connectivity index (χ1n) is 7.24. The number of hydrogen-bond donors (Lipinski definition) is 1. The van der Waals surface area contributed by atoms with Gasteiger partial charge in [-0.2, -0.15) is 0 Å². The van der Waals surface area contributed by atoms with Crippen molar-refractivity contribution in [1.82, 2.24) is 4.90 Å². The second-order valence-corrected chi connectivity index (χ2v) is 6.00. The molecule has 3 nitrogen and oxygen atoms in total. The first-order chi connectivity index (χ1) is 9.12. The van der Waals surface area contributed by atoms with Gasteiger partial charge in [0.15, 0.2) is 0 Å². The highest BCUT2D eigenvalue weighted by molar-refractivity contribution is 5.28. The Labute approximate surface area is 115 Å². The van der Waals surface area contributed by atoms with Crippen molar-refractivity contribution in [2.75, 3.05) is 20.3 Å². The van der Waals surface area contributed by atoms with Crippen molar-refractivity contribution in [1.29, 1.82) is 0 Å². The topological polar surface area (TPSA) is 32.7 Å². The molecule has 2 unspecified atom stereocenters. The SMILES string of the molecule is CCc1ccc(C2(O)CC3COCC(C2)N3C)cc1. The minimum atomic E-state index is -0.683. The number of aliphatic hydroxyl groups is 1. The fraction of sp³-hybridized carbons (Fsp3) is 0.625. The summed E-state index contributed by atoms with van der Waals surface area (Å²) in [5.41, 5.74) is 1.70. The zero-order valence-corrected chi connectivity index (χ0v) is 11.8. The van der Waals surface area contributed by atoms with Gasteiger partial charge in [0.1, 0.15) is 0 Å². The fourth-order valence-corrected chi connectivity index (χ4v) is 3.43. The number of ether oxygens (including phenoxy) is 1. The Kier molecular flexibility index (Phi) is 3.37. The summed E-state index contributed by atoms with van der Waals surface area (Å²) in [7, 11) is 2.15. The van der Waals surface area contributed by atoms with Gasteiger partial charge < -0.3 is 9.84 Å². The van der Waals surface area contributed by atoms with Gasteiger partial charge in [-0.05, 0) is 37.4 Å². The lowest BCUT2D eigenvalue weighted by atomic mass is 9.77. The predicted molar refractivity (Wildman–Crippen MR) is 75.1 cm³/mol. The fourth-order valence-electron chi connectivity index (χ4n) is 3.43. The van der Waals surface area contributed by atoms with E-state index in [4.69, 9.17) is 4.74 Å². The molecular formula is C16H23NO2. The Morgan fingerprint density at radius 3 is 2.32 bits per heavy atom. The third-order valence-electron chi connectivity index (χ3n) is 4.82. The number of likely N-dealkylation sites (N-methyl/N-ethyl adjacent to an activating group) is 1. The van der Waals surface area contributed by atoms with Gasteiger partial charge >= 0.3 is 0 Å². The molecule has 1 aromatic carbocycles. The van der Waals surface area contributed by atoms with E-state index in [-0.39, 0.29) is 0 Å². The van der Waals surface area contributed by atoms with Crippen molar-refractivity contribution in [2.24, 2.45) is 0 Å². The molecule has 2 aliphatic rings. The van der Waals surface area contributed by atoms with E-state index < -0.39 is 5.60 Å². The van der Waals surface area contributed by atoms with Gasteiger partial charge in [-0.25, -0.2) is 0 Å². The molecule has 3 heteroatoms. The van der Waals surface area contributed by atoms with Crippen molar-refractivity contribution >= 4 is 0 Å². The molecule has 1 N–H and O–H groups in total. The molecule has 0 aliphatic carbocycles. The van der Waals surface area contributed by atoms with Crippen LogP contribution >= 0.6 is 0 Å². The standard InChI is InChI=1S/C16H23NO2/c1-3-12-4-6-13(7-5-12)16(18)8-14-10-19-11-15(9-16)17(14)2/h4-7,14-15,18H,3,8-11H2,1-2H3. The zero-order chi connectivity index (χ0) is 13.5. The maximum Gasteiger partial charge on any atom is 0.0928 e. The minimum Gasteiger partial charge on any atom is -0.385 e. The van der Waals surface area contributed by atoms with Gasteiger partial charge in [-0.15, -0.1) is 0 Å². The summed E-state index contributed by atoms with van der Waals surface area (Å²) in [6, 6.07) is 9.14. The van der Waals surface area contributed by atoms with Crippen molar-refractivity contribution in [3.63, 3.8) is 0 Å². The van der Waals surface area contributed by atoms with E-state index in [9.17, 15) is 5.11 Å². The lowest BCUT2D eigenvalue weighted by Crippen LogP contribution is -2.59. The van der Waals surface area contributed by atoms with Gasteiger partial charge in [0.2, 0.25) is 0 Å². The monoisotopic (exact) mass is 261 g/mol. The average molecular weight is 261 g/mol. The molecule has 2 bridgehead atoms. The molecule has 0 spiro atoms. The zero-order valence-electron chi connectivity index (χ0n) is 11.8. The van der Waals surface area contributed by atoms with Crippen LogP contribution in [0, 0.1) is 0 Å². The quantitative estimate of drug-likeness (QED) is 0.883. The third kappa shape index (κ3) is 2.31. The largest absolute Gasteiger partial charge is 0.385 e. The molecule has 0 amide bonds. The average Bonchev–Trinajstić information content (AvgIpc) is 2.41. The lowest BCUT2D eigenvalue weighted by Gasteiger charge is -2.50. The number of aryl methyl sites for hydroxylation is 1. The van der Waals surface area contributed by atoms with Crippen LogP contribution in [0.5, 0.6) is 0 Å². The summed E-state index contributed by atoms with van der Waals surface area (Å²) in [4.78, 5) is 2.37. The number of benzene rings is 1. The van der Waals surface area contributed by atoms with Gasteiger partial charge in [-0.3, -0.25) is 4.90 Å². The maximum atomic E-state index is 11.0. The molecule has 1 aromatic rings. The van der Waals surface area contributed by atoms with Crippen LogP contribution < -0.4 is 0 Å². The molecule has 0 radical (unpaired) electrons. The van der Waals surface area contributed by atoms with E-state index in [1.165, 1.54) is 5.56 Å². The van der Waals surface area contributed by atoms with E-state index in [2.05, 4.69) is 43.1 Å². The van der Waals surface area contributed by atoms with Crippen molar-refractivity contribution in [2.45, 2.75) is 43.9 Å². The number of hydrogen-bond acceptors (Lipinski definition) is 3. The van der Waals surface area contributed by atoms with Gasteiger partial charge in [0, 0.05) is 12.1 Å². The van der Waals surface area contributed by atoms with Crippen LogP contribution in [-0.4, -0.2) is 42.4 Å². The third-order valence-corrected chi connectivity index (χ3v) is 4.82. The van der Waals surface area contributed by atoms with Crippen LogP contribution in [0.25, 0.3) is 0 Å². The highest BCUT2D eigenvalue weighted by atomic mass is 16.5. The second kappa shape index (κ2) is 4.89. The summed E-state index contributed by atoms with van der Waals surface area (Å²) in [5.74, 6) is 0. The number of rotatable bonds is 2. The number of nitrogens with zero attached hydrogens (tertiary/aromatic N) is 1. The number of piperidine rings is 1. The Morgan fingerprint density at radius 2 is 1.79 bits per heavy atom. The normalized spacial score (nSPS) is 35.3. The molecule has 2 aliphatic heterocycles. The van der Waals surface area contributed by atoms with Crippen molar-refractivity contribution in [3.8, 4) is 0 Å². The van der Waals surface area contributed by atoms with Crippen molar-refractivity contribution < 1.29 is 9.84 Å². The Morgan fingerprint density at radius 1 is 1.21 bits per heavy atom. The van der Waals surface area contributed by atoms with Crippen LogP contribution in [0.4, 0.5) is 0 Å².